The summed E-state index contributed by atoms with van der Waals surface area (Å²) in [5, 5.41) is -0.0950. The van der Waals surface area contributed by atoms with Crippen LogP contribution in [0.1, 0.15) is 36.5 Å². The second-order valence-electron chi connectivity index (χ2n) is 3.47. The number of halogens is 2. The Morgan fingerprint density at radius 1 is 1.38 bits per heavy atom. The molecular weight excluding hydrogens is 247 g/mol. The van der Waals surface area contributed by atoms with Crippen molar-refractivity contribution in [2.75, 3.05) is 6.61 Å². The fraction of sp³-hybridized carbons (Fsp3) is 0.417. The minimum Gasteiger partial charge on any atom is -0.492 e. The summed E-state index contributed by atoms with van der Waals surface area (Å²) in [7, 11) is 0. The Morgan fingerprint density at radius 2 is 2.12 bits per heavy atom. The zero-order valence-corrected chi connectivity index (χ0v) is 10.6. The number of hydrogen-bond acceptors (Lipinski definition) is 2. The van der Waals surface area contributed by atoms with Crippen molar-refractivity contribution in [2.24, 2.45) is 0 Å². The largest absolute Gasteiger partial charge is 0.492 e. The van der Waals surface area contributed by atoms with E-state index in [0.717, 1.165) is 19.3 Å². The SMILES string of the molecule is CCCCCOc1ccc(C(=O)Cl)cc1Cl. The van der Waals surface area contributed by atoms with E-state index in [-0.39, 0.29) is 0 Å². The molecular formula is C12H14Cl2O2. The zero-order chi connectivity index (χ0) is 12.0. The fourth-order valence-electron chi connectivity index (χ4n) is 1.27. The molecule has 0 aliphatic carbocycles. The molecule has 1 aromatic rings. The van der Waals surface area contributed by atoms with Crippen molar-refractivity contribution in [3.63, 3.8) is 0 Å². The molecule has 0 amide bonds. The summed E-state index contributed by atoms with van der Waals surface area (Å²) in [4.78, 5) is 10.9. The normalized spacial score (nSPS) is 10.2. The summed E-state index contributed by atoms with van der Waals surface area (Å²) in [6.45, 7) is 2.77. The summed E-state index contributed by atoms with van der Waals surface area (Å²) < 4.78 is 5.49. The van der Waals surface area contributed by atoms with Crippen molar-refractivity contribution in [3.05, 3.63) is 28.8 Å². The fourth-order valence-corrected chi connectivity index (χ4v) is 1.63. The van der Waals surface area contributed by atoms with E-state index in [1.54, 1.807) is 12.1 Å². The first-order chi connectivity index (χ1) is 7.65. The van der Waals surface area contributed by atoms with Crippen LogP contribution in [0, 0.1) is 0 Å². The van der Waals surface area contributed by atoms with Crippen molar-refractivity contribution in [3.8, 4) is 5.75 Å². The number of carbonyl (C=O) groups is 1. The van der Waals surface area contributed by atoms with Gasteiger partial charge in [0.15, 0.2) is 0 Å². The van der Waals surface area contributed by atoms with Gasteiger partial charge in [-0.05, 0) is 36.2 Å². The zero-order valence-electron chi connectivity index (χ0n) is 9.13. The molecule has 1 aromatic carbocycles. The van der Waals surface area contributed by atoms with E-state index >= 15 is 0 Å². The summed E-state index contributed by atoms with van der Waals surface area (Å²) in [5.74, 6) is 0.597. The van der Waals surface area contributed by atoms with Gasteiger partial charge >= 0.3 is 0 Å². The summed E-state index contributed by atoms with van der Waals surface area (Å²) >= 11 is 11.3. The molecule has 0 spiro atoms. The number of unbranched alkanes of at least 4 members (excludes halogenated alkanes) is 2. The van der Waals surface area contributed by atoms with E-state index < -0.39 is 5.24 Å². The van der Waals surface area contributed by atoms with E-state index in [2.05, 4.69) is 6.92 Å². The minimum atomic E-state index is -0.514. The van der Waals surface area contributed by atoms with Gasteiger partial charge in [0.2, 0.25) is 0 Å². The minimum absolute atomic E-state index is 0.382. The highest BCUT2D eigenvalue weighted by molar-refractivity contribution is 6.67. The Bertz CT molecular complexity index is 364. The van der Waals surface area contributed by atoms with Gasteiger partial charge in [0.1, 0.15) is 5.75 Å². The van der Waals surface area contributed by atoms with Gasteiger partial charge in [0.05, 0.1) is 11.6 Å². The molecule has 4 heteroatoms. The molecule has 1 rings (SSSR count). The molecule has 0 heterocycles. The maximum absolute atomic E-state index is 10.9. The third kappa shape index (κ3) is 4.03. The smallest absolute Gasteiger partial charge is 0.252 e. The molecule has 0 N–H and O–H groups in total. The number of hydrogen-bond donors (Lipinski definition) is 0. The Hall–Kier alpha value is -0.730. The van der Waals surface area contributed by atoms with Crippen molar-refractivity contribution < 1.29 is 9.53 Å². The number of carbonyl (C=O) groups excluding carboxylic acids is 1. The van der Waals surface area contributed by atoms with Crippen LogP contribution in [0.3, 0.4) is 0 Å². The summed E-state index contributed by atoms with van der Waals surface area (Å²) in [6.07, 6.45) is 3.29. The van der Waals surface area contributed by atoms with Gasteiger partial charge in [-0.2, -0.15) is 0 Å². The quantitative estimate of drug-likeness (QED) is 0.564. The molecule has 0 unspecified atom stereocenters. The van der Waals surface area contributed by atoms with Crippen LogP contribution in [0.2, 0.25) is 5.02 Å². The third-order valence-corrected chi connectivity index (χ3v) is 2.68. The molecule has 0 fully saturated rings. The third-order valence-electron chi connectivity index (χ3n) is 2.16. The van der Waals surface area contributed by atoms with Crippen molar-refractivity contribution >= 4 is 28.4 Å². The maximum atomic E-state index is 10.9. The van der Waals surface area contributed by atoms with Crippen LogP contribution >= 0.6 is 23.2 Å². The van der Waals surface area contributed by atoms with Crippen LogP contribution in [-0.2, 0) is 0 Å². The summed E-state index contributed by atoms with van der Waals surface area (Å²) in [5.41, 5.74) is 0.382. The Labute approximate surface area is 106 Å². The maximum Gasteiger partial charge on any atom is 0.252 e. The second-order valence-corrected chi connectivity index (χ2v) is 4.22. The first-order valence-corrected chi connectivity index (χ1v) is 6.03. The van der Waals surface area contributed by atoms with Gasteiger partial charge in [-0.3, -0.25) is 4.79 Å². The lowest BCUT2D eigenvalue weighted by Crippen LogP contribution is -1.98. The van der Waals surface area contributed by atoms with E-state index in [1.165, 1.54) is 6.07 Å². The lowest BCUT2D eigenvalue weighted by molar-refractivity contribution is 0.108. The lowest BCUT2D eigenvalue weighted by Gasteiger charge is -2.08. The van der Waals surface area contributed by atoms with Crippen LogP contribution in [0.15, 0.2) is 18.2 Å². The molecule has 0 saturated carbocycles. The topological polar surface area (TPSA) is 26.3 Å². The Kier molecular flexibility index (Phi) is 5.64. The number of benzene rings is 1. The van der Waals surface area contributed by atoms with Crippen molar-refractivity contribution in [2.45, 2.75) is 26.2 Å². The average Bonchev–Trinajstić information content (AvgIpc) is 2.26. The van der Waals surface area contributed by atoms with Gasteiger partial charge in [-0.1, -0.05) is 31.4 Å². The molecule has 0 aliphatic rings. The average molecular weight is 261 g/mol. The molecule has 16 heavy (non-hydrogen) atoms. The summed E-state index contributed by atoms with van der Waals surface area (Å²) in [6, 6.07) is 4.80. The standard InChI is InChI=1S/C12H14Cl2O2/c1-2-3-4-7-16-11-6-5-9(12(14)15)8-10(11)13/h5-6,8H,2-4,7H2,1H3. The van der Waals surface area contributed by atoms with Crippen molar-refractivity contribution in [1.29, 1.82) is 0 Å². The van der Waals surface area contributed by atoms with Gasteiger partial charge in [0, 0.05) is 5.56 Å². The van der Waals surface area contributed by atoms with E-state index in [4.69, 9.17) is 27.9 Å². The molecule has 0 aromatic heterocycles. The predicted molar refractivity (Wildman–Crippen MR) is 66.7 cm³/mol. The number of rotatable bonds is 6. The monoisotopic (exact) mass is 260 g/mol. The molecule has 0 saturated heterocycles. The van der Waals surface area contributed by atoms with Crippen LogP contribution in [0.5, 0.6) is 5.75 Å². The van der Waals surface area contributed by atoms with E-state index in [9.17, 15) is 4.79 Å². The van der Waals surface area contributed by atoms with Crippen LogP contribution in [0.25, 0.3) is 0 Å². The second kappa shape index (κ2) is 6.77. The molecule has 2 nitrogen and oxygen atoms in total. The predicted octanol–water partition coefficient (Wildman–Crippen LogP) is 4.29. The van der Waals surface area contributed by atoms with Gasteiger partial charge in [-0.25, -0.2) is 0 Å². The molecule has 0 radical (unpaired) electrons. The van der Waals surface area contributed by atoms with Crippen molar-refractivity contribution in [1.82, 2.24) is 0 Å². The highest BCUT2D eigenvalue weighted by Gasteiger charge is 2.06. The molecule has 0 aliphatic heterocycles. The van der Waals surface area contributed by atoms with Gasteiger partial charge in [-0.15, -0.1) is 0 Å². The highest BCUT2D eigenvalue weighted by atomic mass is 35.5. The Balaban J connectivity index is 2.57. The molecule has 0 bridgehead atoms. The number of ether oxygens (including phenoxy) is 1. The van der Waals surface area contributed by atoms with E-state index in [1.807, 2.05) is 0 Å². The van der Waals surface area contributed by atoms with Crippen LogP contribution in [-0.4, -0.2) is 11.8 Å². The lowest BCUT2D eigenvalue weighted by atomic mass is 10.2. The van der Waals surface area contributed by atoms with Gasteiger partial charge < -0.3 is 4.74 Å². The Morgan fingerprint density at radius 3 is 2.69 bits per heavy atom. The highest BCUT2D eigenvalue weighted by Crippen LogP contribution is 2.26. The van der Waals surface area contributed by atoms with Crippen LogP contribution in [0.4, 0.5) is 0 Å². The van der Waals surface area contributed by atoms with E-state index in [0.29, 0.717) is 22.9 Å². The first kappa shape index (κ1) is 13.3. The molecule has 0 atom stereocenters. The molecule has 88 valence electrons. The first-order valence-electron chi connectivity index (χ1n) is 5.27. The van der Waals surface area contributed by atoms with Gasteiger partial charge in [0.25, 0.3) is 5.24 Å². The van der Waals surface area contributed by atoms with Crippen LogP contribution < -0.4 is 4.74 Å².